The number of thioether (sulfide) groups is 1. The molecule has 1 N–H and O–H groups in total. The Morgan fingerprint density at radius 3 is 2.32 bits per heavy atom. The highest BCUT2D eigenvalue weighted by Crippen LogP contribution is 2.27. The van der Waals surface area contributed by atoms with Crippen LogP contribution < -0.4 is 4.72 Å². The fraction of sp³-hybridized carbons (Fsp3) is 0.0714. The summed E-state index contributed by atoms with van der Waals surface area (Å²) in [6.45, 7) is 1.75. The molecule has 4 nitrogen and oxygen atoms in total. The van der Waals surface area contributed by atoms with Crippen molar-refractivity contribution in [3.8, 4) is 5.40 Å². The van der Waals surface area contributed by atoms with Gasteiger partial charge in [0.2, 0.25) is 0 Å². The average molecular weight is 373 g/mol. The maximum Gasteiger partial charge on any atom is 0.262 e. The number of rotatable bonds is 4. The molecule has 2 aromatic carbocycles. The highest BCUT2D eigenvalue weighted by molar-refractivity contribution is 8.03. The Bertz CT molecular complexity index is 841. The molecular weight excluding hydrogens is 363 g/mol. The lowest BCUT2D eigenvalue weighted by molar-refractivity contribution is 0.601. The van der Waals surface area contributed by atoms with Crippen LogP contribution in [0.5, 0.6) is 0 Å². The number of nitrogens with one attached hydrogen (secondary N) is 1. The summed E-state index contributed by atoms with van der Waals surface area (Å²) in [6.07, 6.45) is 0. The van der Waals surface area contributed by atoms with E-state index in [0.29, 0.717) is 11.3 Å². The SMILES string of the molecule is Cc1cc(SC#N)ccc1NS(=O)(=O)c1cc(Cl)cc(Cl)c1. The molecule has 0 saturated heterocycles. The molecule has 0 saturated carbocycles. The van der Waals surface area contributed by atoms with Gasteiger partial charge in [-0.05, 0) is 60.6 Å². The summed E-state index contributed by atoms with van der Waals surface area (Å²) >= 11 is 12.7. The number of nitrogens with zero attached hydrogens (tertiary/aromatic N) is 1. The molecule has 0 heterocycles. The summed E-state index contributed by atoms with van der Waals surface area (Å²) in [5.41, 5.74) is 1.13. The monoisotopic (exact) mass is 372 g/mol. The third-order valence-corrected chi connectivity index (χ3v) is 5.11. The van der Waals surface area contributed by atoms with Gasteiger partial charge in [0.1, 0.15) is 5.40 Å². The van der Waals surface area contributed by atoms with Crippen molar-refractivity contribution < 1.29 is 8.42 Å². The number of thiocyanates is 1. The lowest BCUT2D eigenvalue weighted by Crippen LogP contribution is -2.13. The molecule has 0 aliphatic rings. The van der Waals surface area contributed by atoms with Crippen molar-refractivity contribution in [3.05, 3.63) is 52.0 Å². The molecule has 2 aromatic rings. The fourth-order valence-electron chi connectivity index (χ4n) is 1.75. The van der Waals surface area contributed by atoms with Crippen molar-refractivity contribution in [2.24, 2.45) is 0 Å². The Labute approximate surface area is 143 Å². The van der Waals surface area contributed by atoms with E-state index in [1.54, 1.807) is 25.1 Å². The van der Waals surface area contributed by atoms with Gasteiger partial charge in [0, 0.05) is 14.9 Å². The van der Waals surface area contributed by atoms with Gasteiger partial charge in [-0.3, -0.25) is 4.72 Å². The minimum Gasteiger partial charge on any atom is -0.279 e. The van der Waals surface area contributed by atoms with Crippen molar-refractivity contribution in [1.29, 1.82) is 5.26 Å². The van der Waals surface area contributed by atoms with Crippen LogP contribution in [0.4, 0.5) is 5.69 Å². The molecule has 0 aliphatic carbocycles. The third kappa shape index (κ3) is 4.08. The Balaban J connectivity index is 2.35. The summed E-state index contributed by atoms with van der Waals surface area (Å²) in [5.74, 6) is 0. The fourth-order valence-corrected chi connectivity index (χ4v) is 4.09. The van der Waals surface area contributed by atoms with Gasteiger partial charge in [-0.1, -0.05) is 23.2 Å². The zero-order valence-electron chi connectivity index (χ0n) is 11.3. The predicted molar refractivity (Wildman–Crippen MR) is 89.9 cm³/mol. The highest BCUT2D eigenvalue weighted by atomic mass is 35.5. The third-order valence-electron chi connectivity index (χ3n) is 2.75. The van der Waals surface area contributed by atoms with E-state index in [-0.39, 0.29) is 14.9 Å². The van der Waals surface area contributed by atoms with E-state index >= 15 is 0 Å². The van der Waals surface area contributed by atoms with E-state index in [1.165, 1.54) is 18.2 Å². The number of hydrogen-bond acceptors (Lipinski definition) is 4. The molecular formula is C14H10Cl2N2O2S2. The summed E-state index contributed by atoms with van der Waals surface area (Å²) < 4.78 is 27.3. The topological polar surface area (TPSA) is 70.0 Å². The number of hydrogen-bond donors (Lipinski definition) is 1. The Morgan fingerprint density at radius 1 is 1.14 bits per heavy atom. The van der Waals surface area contributed by atoms with Gasteiger partial charge in [-0.25, -0.2) is 8.42 Å². The van der Waals surface area contributed by atoms with E-state index in [9.17, 15) is 8.42 Å². The Kier molecular flexibility index (Phi) is 5.24. The first kappa shape index (κ1) is 17.0. The van der Waals surface area contributed by atoms with Crippen molar-refractivity contribution in [3.63, 3.8) is 0 Å². The molecule has 0 radical (unpaired) electrons. The molecule has 2 rings (SSSR count). The van der Waals surface area contributed by atoms with Gasteiger partial charge in [-0.2, -0.15) is 5.26 Å². The van der Waals surface area contributed by atoms with Crippen LogP contribution in [0.25, 0.3) is 0 Å². The maximum atomic E-state index is 12.4. The lowest BCUT2D eigenvalue weighted by Gasteiger charge is -2.11. The molecule has 0 unspecified atom stereocenters. The standard InChI is InChI=1S/C14H10Cl2N2O2S2/c1-9-4-12(21-8-17)2-3-14(9)18-22(19,20)13-6-10(15)5-11(16)7-13/h2-7,18H,1H3. The summed E-state index contributed by atoms with van der Waals surface area (Å²) in [7, 11) is -3.80. The average Bonchev–Trinajstić information content (AvgIpc) is 2.41. The normalized spacial score (nSPS) is 11.0. The number of benzene rings is 2. The van der Waals surface area contributed by atoms with Crippen LogP contribution in [0.1, 0.15) is 5.56 Å². The zero-order chi connectivity index (χ0) is 16.3. The number of aryl methyl sites for hydroxylation is 1. The first-order chi connectivity index (χ1) is 10.3. The molecule has 0 fully saturated rings. The van der Waals surface area contributed by atoms with Crippen LogP contribution in [-0.4, -0.2) is 8.42 Å². The second-order valence-electron chi connectivity index (χ2n) is 4.38. The molecule has 0 spiro atoms. The van der Waals surface area contributed by atoms with E-state index < -0.39 is 10.0 Å². The van der Waals surface area contributed by atoms with Gasteiger partial charge in [0.05, 0.1) is 10.6 Å². The minimum atomic E-state index is -3.80. The summed E-state index contributed by atoms with van der Waals surface area (Å²) in [6, 6.07) is 9.12. The van der Waals surface area contributed by atoms with Crippen molar-refractivity contribution in [2.45, 2.75) is 16.7 Å². The number of sulfonamides is 1. The first-order valence-corrected chi connectivity index (χ1v) is 9.03. The molecule has 0 bridgehead atoms. The van der Waals surface area contributed by atoms with Crippen LogP contribution in [0.3, 0.4) is 0 Å². The molecule has 114 valence electrons. The van der Waals surface area contributed by atoms with E-state index in [0.717, 1.165) is 16.7 Å². The largest absolute Gasteiger partial charge is 0.279 e. The maximum absolute atomic E-state index is 12.4. The van der Waals surface area contributed by atoms with E-state index in [1.807, 2.05) is 5.40 Å². The molecule has 0 aliphatic heterocycles. The zero-order valence-corrected chi connectivity index (χ0v) is 14.4. The highest BCUT2D eigenvalue weighted by Gasteiger charge is 2.17. The Morgan fingerprint density at radius 2 is 1.77 bits per heavy atom. The molecule has 0 aromatic heterocycles. The summed E-state index contributed by atoms with van der Waals surface area (Å²) in [4.78, 5) is 0.730. The van der Waals surface area contributed by atoms with Crippen molar-refractivity contribution in [1.82, 2.24) is 0 Å². The second kappa shape index (κ2) is 6.80. The van der Waals surface area contributed by atoms with Gasteiger partial charge in [-0.15, -0.1) is 0 Å². The van der Waals surface area contributed by atoms with Gasteiger partial charge in [0.15, 0.2) is 0 Å². The number of nitriles is 1. The van der Waals surface area contributed by atoms with Gasteiger partial charge >= 0.3 is 0 Å². The van der Waals surface area contributed by atoms with Crippen LogP contribution >= 0.6 is 35.0 Å². The lowest BCUT2D eigenvalue weighted by atomic mass is 10.2. The van der Waals surface area contributed by atoms with Crippen LogP contribution in [0.2, 0.25) is 10.0 Å². The van der Waals surface area contributed by atoms with Gasteiger partial charge < -0.3 is 0 Å². The van der Waals surface area contributed by atoms with E-state index in [2.05, 4.69) is 4.72 Å². The predicted octanol–water partition coefficient (Wildman–Crippen LogP) is 4.68. The first-order valence-electron chi connectivity index (χ1n) is 5.97. The molecule has 0 atom stereocenters. The van der Waals surface area contributed by atoms with Gasteiger partial charge in [0.25, 0.3) is 10.0 Å². The molecule has 8 heteroatoms. The van der Waals surface area contributed by atoms with Crippen LogP contribution in [0, 0.1) is 17.6 Å². The van der Waals surface area contributed by atoms with Crippen LogP contribution in [-0.2, 0) is 10.0 Å². The van der Waals surface area contributed by atoms with Crippen molar-refractivity contribution in [2.75, 3.05) is 4.72 Å². The minimum absolute atomic E-state index is 0.0140. The molecule has 0 amide bonds. The smallest absolute Gasteiger partial charge is 0.262 e. The van der Waals surface area contributed by atoms with Crippen molar-refractivity contribution >= 4 is 50.7 Å². The second-order valence-corrected chi connectivity index (χ2v) is 7.79. The summed E-state index contributed by atoms with van der Waals surface area (Å²) in [5, 5.41) is 11.1. The molecule has 22 heavy (non-hydrogen) atoms. The number of halogens is 2. The Hall–Kier alpha value is -1.39. The van der Waals surface area contributed by atoms with Crippen LogP contribution in [0.15, 0.2) is 46.2 Å². The van der Waals surface area contributed by atoms with E-state index in [4.69, 9.17) is 28.5 Å². The quantitative estimate of drug-likeness (QED) is 0.624. The number of anilines is 1.